The third-order valence-electron chi connectivity index (χ3n) is 2.71. The molecule has 0 radical (unpaired) electrons. The van der Waals surface area contributed by atoms with Crippen molar-refractivity contribution in [3.63, 3.8) is 0 Å². The fourth-order valence-corrected chi connectivity index (χ4v) is 3.10. The Kier molecular flexibility index (Phi) is 4.07. The molecule has 3 N–H and O–H groups in total. The molecule has 2 rings (SSSR count). The van der Waals surface area contributed by atoms with E-state index in [0.29, 0.717) is 0 Å². The molecule has 2 aromatic rings. The molecule has 0 bridgehead atoms. The van der Waals surface area contributed by atoms with Crippen LogP contribution in [-0.4, -0.2) is 25.1 Å². The first-order chi connectivity index (χ1) is 9.03. The lowest BCUT2D eigenvalue weighted by molar-refractivity contribution is 0.186. The average Bonchev–Trinajstić information content (AvgIpc) is 2.47. The summed E-state index contributed by atoms with van der Waals surface area (Å²) < 4.78 is 12.2. The normalized spacial score (nSPS) is 17.4. The second kappa shape index (κ2) is 5.59. The molecule has 0 saturated carbocycles. The first-order valence-corrected chi connectivity index (χ1v) is 7.31. The van der Waals surface area contributed by atoms with Crippen LogP contribution in [0.5, 0.6) is 0 Å². The van der Waals surface area contributed by atoms with E-state index in [9.17, 15) is 19.7 Å². The number of hydrogen-bond donors (Lipinski definition) is 3. The highest BCUT2D eigenvalue weighted by atomic mass is 31.2. The molecule has 19 heavy (non-hydrogen) atoms. The van der Waals surface area contributed by atoms with Crippen molar-refractivity contribution in [2.75, 3.05) is 0 Å². The number of aliphatic hydroxyl groups is 2. The molecule has 6 nitrogen and oxygen atoms in total. The lowest BCUT2D eigenvalue weighted by Gasteiger charge is -2.23. The van der Waals surface area contributed by atoms with Crippen molar-refractivity contribution in [3.05, 3.63) is 60.2 Å². The molecule has 0 saturated heterocycles. The molecule has 7 heteroatoms. The van der Waals surface area contributed by atoms with Crippen LogP contribution in [0.25, 0.3) is 0 Å². The van der Waals surface area contributed by atoms with E-state index in [-0.39, 0.29) is 11.1 Å². The molecule has 0 aliphatic rings. The third-order valence-corrected chi connectivity index (χ3v) is 4.71. The predicted molar refractivity (Wildman–Crippen MR) is 68.2 cm³/mol. The molecule has 0 amide bonds. The van der Waals surface area contributed by atoms with Gasteiger partial charge in [-0.1, -0.05) is 0 Å². The fourth-order valence-electron chi connectivity index (χ4n) is 1.63. The largest absolute Gasteiger partial charge is 0.378 e. The summed E-state index contributed by atoms with van der Waals surface area (Å²) in [5.41, 5.74) is 0.461. The van der Waals surface area contributed by atoms with Crippen LogP contribution in [0.3, 0.4) is 0 Å². The van der Waals surface area contributed by atoms with Gasteiger partial charge in [0.05, 0.1) is 0 Å². The van der Waals surface area contributed by atoms with Crippen LogP contribution in [0.15, 0.2) is 49.1 Å². The minimum Gasteiger partial charge on any atom is -0.378 e. The number of hydrogen-bond acceptors (Lipinski definition) is 5. The maximum Gasteiger partial charge on any atom is 0.264 e. The molecule has 0 spiro atoms. The van der Waals surface area contributed by atoms with E-state index in [1.165, 1.54) is 49.1 Å². The number of nitrogens with zero attached hydrogens (tertiary/aromatic N) is 2. The minimum absolute atomic E-state index is 0.230. The monoisotopic (exact) mass is 280 g/mol. The van der Waals surface area contributed by atoms with Crippen molar-refractivity contribution in [1.29, 1.82) is 0 Å². The summed E-state index contributed by atoms with van der Waals surface area (Å²) in [6.45, 7) is 0. The van der Waals surface area contributed by atoms with E-state index in [0.717, 1.165) is 0 Å². The Labute approximate surface area is 109 Å². The van der Waals surface area contributed by atoms with Gasteiger partial charge in [-0.3, -0.25) is 14.5 Å². The van der Waals surface area contributed by atoms with E-state index in [4.69, 9.17) is 0 Å². The van der Waals surface area contributed by atoms with Crippen molar-refractivity contribution in [3.8, 4) is 0 Å². The maximum absolute atomic E-state index is 12.2. The van der Waals surface area contributed by atoms with Gasteiger partial charge in [0, 0.05) is 24.8 Å². The molecule has 0 aromatic carbocycles. The summed E-state index contributed by atoms with van der Waals surface area (Å²) >= 11 is 0. The fraction of sp³-hybridized carbons (Fsp3) is 0.167. The highest BCUT2D eigenvalue weighted by Crippen LogP contribution is 2.63. The lowest BCUT2D eigenvalue weighted by atomic mass is 10.3. The molecule has 2 atom stereocenters. The second-order valence-corrected chi connectivity index (χ2v) is 6.30. The molecular weight excluding hydrogens is 267 g/mol. The van der Waals surface area contributed by atoms with Gasteiger partial charge in [-0.05, 0) is 35.4 Å². The number of aromatic nitrogens is 2. The Balaban J connectivity index is 2.30. The standard InChI is InChI=1S/C12H13N2O4P/c15-11(9-1-5-13-6-2-9)19(17,18)12(16)10-3-7-14-8-4-10/h1-8,11-12,15-16H,(H,17,18). The smallest absolute Gasteiger partial charge is 0.264 e. The Morgan fingerprint density at radius 2 is 1.16 bits per heavy atom. The second-order valence-electron chi connectivity index (χ2n) is 3.98. The van der Waals surface area contributed by atoms with E-state index >= 15 is 0 Å². The highest BCUT2D eigenvalue weighted by molar-refractivity contribution is 7.58. The SMILES string of the molecule is O=P(O)(C(O)c1ccncc1)C(O)c1ccncc1. The first-order valence-electron chi connectivity index (χ1n) is 5.51. The predicted octanol–water partition coefficient (Wildman–Crippen LogP) is 1.43. The molecule has 2 unspecified atom stereocenters. The van der Waals surface area contributed by atoms with Crippen LogP contribution < -0.4 is 0 Å². The van der Waals surface area contributed by atoms with Gasteiger partial charge in [-0.25, -0.2) is 0 Å². The van der Waals surface area contributed by atoms with Crippen molar-refractivity contribution in [2.24, 2.45) is 0 Å². The Hall–Kier alpha value is -1.59. The Morgan fingerprint density at radius 3 is 1.47 bits per heavy atom. The van der Waals surface area contributed by atoms with Gasteiger partial charge in [0.25, 0.3) is 7.37 Å². The first kappa shape index (κ1) is 13.8. The van der Waals surface area contributed by atoms with E-state index < -0.39 is 19.1 Å². The van der Waals surface area contributed by atoms with Crippen molar-refractivity contribution in [2.45, 2.75) is 11.7 Å². The summed E-state index contributed by atoms with van der Waals surface area (Å²) in [7, 11) is -4.26. The quantitative estimate of drug-likeness (QED) is 0.732. The Bertz CT molecular complexity index is 529. The molecule has 2 aromatic heterocycles. The summed E-state index contributed by atoms with van der Waals surface area (Å²) in [6.07, 6.45) is 5.60. The zero-order valence-electron chi connectivity index (χ0n) is 9.87. The zero-order valence-corrected chi connectivity index (χ0v) is 10.8. The van der Waals surface area contributed by atoms with Crippen molar-refractivity contribution < 1.29 is 19.7 Å². The molecule has 0 fully saturated rings. The van der Waals surface area contributed by atoms with Crippen LogP contribution >= 0.6 is 7.37 Å². The van der Waals surface area contributed by atoms with Crippen LogP contribution in [0.4, 0.5) is 0 Å². The Morgan fingerprint density at radius 1 is 0.842 bits per heavy atom. The van der Waals surface area contributed by atoms with Gasteiger partial charge in [0.2, 0.25) is 0 Å². The van der Waals surface area contributed by atoms with Gasteiger partial charge < -0.3 is 15.1 Å². The van der Waals surface area contributed by atoms with E-state index in [1.807, 2.05) is 0 Å². The summed E-state index contributed by atoms with van der Waals surface area (Å²) in [4.78, 5) is 17.5. The number of pyridine rings is 2. The summed E-state index contributed by atoms with van der Waals surface area (Å²) in [5.74, 6) is -3.34. The van der Waals surface area contributed by atoms with Crippen molar-refractivity contribution >= 4 is 7.37 Å². The summed E-state index contributed by atoms with van der Waals surface area (Å²) in [5, 5.41) is 19.9. The topological polar surface area (TPSA) is 104 Å². The van der Waals surface area contributed by atoms with E-state index in [1.54, 1.807) is 0 Å². The molecular formula is C12H13N2O4P. The molecule has 100 valence electrons. The average molecular weight is 280 g/mol. The minimum atomic E-state index is -4.26. The van der Waals surface area contributed by atoms with Gasteiger partial charge in [0.15, 0.2) is 11.7 Å². The van der Waals surface area contributed by atoms with Gasteiger partial charge in [0.1, 0.15) is 0 Å². The van der Waals surface area contributed by atoms with E-state index in [2.05, 4.69) is 9.97 Å². The lowest BCUT2D eigenvalue weighted by Crippen LogP contribution is -2.07. The zero-order chi connectivity index (χ0) is 13.9. The number of aliphatic hydroxyl groups excluding tert-OH is 2. The third kappa shape index (κ3) is 2.88. The molecule has 0 aliphatic heterocycles. The number of rotatable bonds is 4. The van der Waals surface area contributed by atoms with Gasteiger partial charge in [-0.15, -0.1) is 0 Å². The van der Waals surface area contributed by atoms with Gasteiger partial charge >= 0.3 is 0 Å². The van der Waals surface area contributed by atoms with Crippen LogP contribution in [0.2, 0.25) is 0 Å². The highest BCUT2D eigenvalue weighted by Gasteiger charge is 2.39. The maximum atomic E-state index is 12.2. The van der Waals surface area contributed by atoms with Crippen LogP contribution in [0, 0.1) is 0 Å². The molecule has 0 aliphatic carbocycles. The van der Waals surface area contributed by atoms with Crippen LogP contribution in [-0.2, 0) is 4.57 Å². The van der Waals surface area contributed by atoms with Crippen LogP contribution in [0.1, 0.15) is 22.8 Å². The van der Waals surface area contributed by atoms with Crippen molar-refractivity contribution in [1.82, 2.24) is 9.97 Å². The van der Waals surface area contributed by atoms with Gasteiger partial charge in [-0.2, -0.15) is 0 Å². The summed E-state index contributed by atoms with van der Waals surface area (Å²) in [6, 6.07) is 5.69. The molecule has 2 heterocycles.